The van der Waals surface area contributed by atoms with E-state index in [4.69, 9.17) is 18.9 Å². The molecule has 0 radical (unpaired) electrons. The van der Waals surface area contributed by atoms with Gasteiger partial charge in [-0.2, -0.15) is 0 Å². The molecule has 2 amide bonds. The Kier molecular flexibility index (Phi) is 7.66. The fourth-order valence-electron chi connectivity index (χ4n) is 3.98. The molecule has 1 aliphatic heterocycles. The molecule has 2 aromatic rings. The number of esters is 4. The van der Waals surface area contributed by atoms with Gasteiger partial charge in [-0.1, -0.05) is 0 Å². The van der Waals surface area contributed by atoms with Crippen LogP contribution >= 0.6 is 0 Å². The van der Waals surface area contributed by atoms with Crippen LogP contribution in [0.1, 0.15) is 56.5 Å². The predicted octanol–water partition coefficient (Wildman–Crippen LogP) is 1.25. The van der Waals surface area contributed by atoms with E-state index < -0.39 is 47.5 Å². The summed E-state index contributed by atoms with van der Waals surface area (Å²) >= 11 is 0. The Hall–Kier alpha value is -4.35. The first kappa shape index (κ1) is 26.3. The van der Waals surface area contributed by atoms with Crippen molar-refractivity contribution < 1.29 is 47.7 Å². The molecule has 0 saturated heterocycles. The third-order valence-electron chi connectivity index (χ3n) is 5.64. The average molecular weight is 500 g/mol. The SMILES string of the molecule is CCOC(=O)C(C(=O)OCC)[C@@H](C(=O)OC)c1nc2ccc(C(=O)OC)cc2c2c1C(=O)N(C)C2=O. The molecule has 12 nitrogen and oxygen atoms in total. The highest BCUT2D eigenvalue weighted by atomic mass is 16.6. The molecule has 0 spiro atoms. The number of aromatic nitrogens is 1. The number of amides is 2. The van der Waals surface area contributed by atoms with Gasteiger partial charge in [0.25, 0.3) is 11.8 Å². The van der Waals surface area contributed by atoms with E-state index in [1.807, 2.05) is 0 Å². The van der Waals surface area contributed by atoms with Gasteiger partial charge in [-0.25, -0.2) is 4.79 Å². The predicted molar refractivity (Wildman–Crippen MR) is 121 cm³/mol. The molecule has 1 aromatic heterocycles. The Bertz CT molecular complexity index is 1270. The maximum atomic E-state index is 13.2. The maximum absolute atomic E-state index is 13.2. The first-order valence-electron chi connectivity index (χ1n) is 10.9. The molecule has 0 N–H and O–H groups in total. The minimum Gasteiger partial charge on any atom is -0.468 e. The standard InChI is InChI=1S/C24H24N2O10/c1-6-35-23(31)17(24(32)36-7-2)16(22(30)34-5)18-15-14(19(27)26(3)20(15)28)12-10-11(21(29)33-4)8-9-13(12)25-18/h8-10,16-17H,6-7H2,1-5H3/t16-/m1/s1. The van der Waals surface area contributed by atoms with Gasteiger partial charge in [-0.05, 0) is 32.0 Å². The van der Waals surface area contributed by atoms with Crippen LogP contribution < -0.4 is 0 Å². The van der Waals surface area contributed by atoms with E-state index in [0.717, 1.165) is 12.0 Å². The molecule has 36 heavy (non-hydrogen) atoms. The van der Waals surface area contributed by atoms with E-state index in [9.17, 15) is 28.8 Å². The fraction of sp³-hybridized carbons (Fsp3) is 0.375. The zero-order chi connectivity index (χ0) is 26.7. The lowest BCUT2D eigenvalue weighted by atomic mass is 9.84. The summed E-state index contributed by atoms with van der Waals surface area (Å²) in [6.07, 6.45) is 0. The average Bonchev–Trinajstić information content (AvgIpc) is 3.10. The fourth-order valence-corrected chi connectivity index (χ4v) is 3.98. The topological polar surface area (TPSA) is 155 Å². The minimum atomic E-state index is -1.87. The highest BCUT2D eigenvalue weighted by Crippen LogP contribution is 2.38. The van der Waals surface area contributed by atoms with E-state index in [1.54, 1.807) is 0 Å². The van der Waals surface area contributed by atoms with Crippen molar-refractivity contribution in [3.8, 4) is 0 Å². The van der Waals surface area contributed by atoms with Gasteiger partial charge in [0, 0.05) is 12.4 Å². The number of hydrogen-bond donors (Lipinski definition) is 0. The van der Waals surface area contributed by atoms with Crippen LogP contribution in [0.4, 0.5) is 0 Å². The number of imide groups is 1. The van der Waals surface area contributed by atoms with E-state index in [1.165, 1.54) is 46.2 Å². The monoisotopic (exact) mass is 500 g/mol. The van der Waals surface area contributed by atoms with Crippen LogP contribution in [-0.2, 0) is 33.3 Å². The molecular formula is C24H24N2O10. The minimum absolute atomic E-state index is 0.0944. The van der Waals surface area contributed by atoms with Gasteiger partial charge in [-0.3, -0.25) is 33.9 Å². The third-order valence-corrected chi connectivity index (χ3v) is 5.64. The number of rotatable bonds is 8. The normalized spacial score (nSPS) is 13.4. The van der Waals surface area contributed by atoms with Crippen LogP contribution in [0.25, 0.3) is 10.9 Å². The van der Waals surface area contributed by atoms with Crippen molar-refractivity contribution in [3.63, 3.8) is 0 Å². The summed E-state index contributed by atoms with van der Waals surface area (Å²) in [5.74, 6) is -9.11. The number of benzene rings is 1. The van der Waals surface area contributed by atoms with Crippen LogP contribution in [0, 0.1) is 5.92 Å². The third kappa shape index (κ3) is 4.37. The second-order valence-corrected chi connectivity index (χ2v) is 7.62. The maximum Gasteiger partial charge on any atom is 0.337 e. The van der Waals surface area contributed by atoms with E-state index >= 15 is 0 Å². The number of nitrogens with zero attached hydrogens (tertiary/aromatic N) is 2. The number of fused-ring (bicyclic) bond motifs is 3. The number of methoxy groups -OCH3 is 2. The number of carbonyl (C=O) groups excluding carboxylic acids is 6. The van der Waals surface area contributed by atoms with Crippen LogP contribution in [0.3, 0.4) is 0 Å². The number of hydrogen-bond acceptors (Lipinski definition) is 11. The van der Waals surface area contributed by atoms with Gasteiger partial charge in [0.2, 0.25) is 0 Å². The second kappa shape index (κ2) is 10.5. The van der Waals surface area contributed by atoms with Gasteiger partial charge in [0.05, 0.1) is 55.3 Å². The molecule has 12 heteroatoms. The molecule has 1 aliphatic rings. The summed E-state index contributed by atoms with van der Waals surface area (Å²) in [7, 11) is 3.45. The first-order chi connectivity index (χ1) is 17.1. The molecular weight excluding hydrogens is 476 g/mol. The molecule has 0 bridgehead atoms. The lowest BCUT2D eigenvalue weighted by molar-refractivity contribution is -0.167. The Morgan fingerprint density at radius 1 is 0.889 bits per heavy atom. The molecule has 0 aliphatic carbocycles. The lowest BCUT2D eigenvalue weighted by Gasteiger charge is -2.23. The van der Waals surface area contributed by atoms with Crippen molar-refractivity contribution in [3.05, 3.63) is 40.6 Å². The van der Waals surface area contributed by atoms with Crippen LogP contribution in [0.5, 0.6) is 0 Å². The van der Waals surface area contributed by atoms with Gasteiger partial charge in [0.15, 0.2) is 5.92 Å². The van der Waals surface area contributed by atoms with Crippen LogP contribution in [0.2, 0.25) is 0 Å². The first-order valence-corrected chi connectivity index (χ1v) is 10.9. The van der Waals surface area contributed by atoms with E-state index in [-0.39, 0.29) is 46.5 Å². The van der Waals surface area contributed by atoms with Crippen LogP contribution in [-0.4, -0.2) is 80.1 Å². The summed E-state index contributed by atoms with van der Waals surface area (Å²) in [5.41, 5.74) is -0.561. The van der Waals surface area contributed by atoms with Gasteiger partial charge in [0.1, 0.15) is 5.92 Å². The summed E-state index contributed by atoms with van der Waals surface area (Å²) in [6.45, 7) is 2.80. The zero-order valence-corrected chi connectivity index (χ0v) is 20.3. The lowest BCUT2D eigenvalue weighted by Crippen LogP contribution is -2.38. The van der Waals surface area contributed by atoms with Crippen molar-refractivity contribution in [2.45, 2.75) is 19.8 Å². The summed E-state index contributed by atoms with van der Waals surface area (Å²) in [6, 6.07) is 4.10. The van der Waals surface area contributed by atoms with Crippen molar-refractivity contribution in [2.24, 2.45) is 5.92 Å². The summed E-state index contributed by atoms with van der Waals surface area (Å²) in [4.78, 5) is 82.2. The second-order valence-electron chi connectivity index (χ2n) is 7.62. The quantitative estimate of drug-likeness (QED) is 0.222. The molecule has 2 heterocycles. The van der Waals surface area contributed by atoms with Gasteiger partial charge < -0.3 is 18.9 Å². The highest BCUT2D eigenvalue weighted by Gasteiger charge is 2.49. The number of ether oxygens (including phenoxy) is 4. The van der Waals surface area contributed by atoms with E-state index in [0.29, 0.717) is 0 Å². The molecule has 190 valence electrons. The summed E-state index contributed by atoms with van der Waals surface area (Å²) < 4.78 is 19.6. The molecule has 3 rings (SSSR count). The molecule has 1 atom stereocenters. The number of carbonyl (C=O) groups is 6. The number of pyridine rings is 1. The molecule has 0 saturated carbocycles. The largest absolute Gasteiger partial charge is 0.468 e. The Morgan fingerprint density at radius 3 is 2.00 bits per heavy atom. The van der Waals surface area contributed by atoms with Crippen molar-refractivity contribution in [1.29, 1.82) is 0 Å². The zero-order valence-electron chi connectivity index (χ0n) is 20.3. The molecule has 1 aromatic carbocycles. The highest BCUT2D eigenvalue weighted by molar-refractivity contribution is 6.27. The Morgan fingerprint density at radius 2 is 1.47 bits per heavy atom. The Labute approximate surface area is 205 Å². The van der Waals surface area contributed by atoms with E-state index in [2.05, 4.69) is 4.98 Å². The molecule has 0 fully saturated rings. The van der Waals surface area contributed by atoms with Gasteiger partial charge >= 0.3 is 23.9 Å². The van der Waals surface area contributed by atoms with Crippen LogP contribution in [0.15, 0.2) is 18.2 Å². The van der Waals surface area contributed by atoms with Crippen molar-refractivity contribution >= 4 is 46.6 Å². The van der Waals surface area contributed by atoms with Gasteiger partial charge in [-0.15, -0.1) is 0 Å². The van der Waals surface area contributed by atoms with Crippen molar-refractivity contribution in [1.82, 2.24) is 9.88 Å². The molecule has 0 unspecified atom stereocenters. The summed E-state index contributed by atoms with van der Waals surface area (Å²) in [5, 5.41) is 0.145. The van der Waals surface area contributed by atoms with Crippen molar-refractivity contribution in [2.75, 3.05) is 34.5 Å². The Balaban J connectivity index is 2.40. The smallest absolute Gasteiger partial charge is 0.337 e.